The van der Waals surface area contributed by atoms with Gasteiger partial charge in [0, 0.05) is 31.1 Å². The number of carboxylic acid groups (broad SMARTS) is 1. The molecule has 6 nitrogen and oxygen atoms in total. The normalized spacial score (nSPS) is 18.2. The minimum Gasteiger partial charge on any atom is -0.476 e. The molecule has 94 valence electrons. The van der Waals surface area contributed by atoms with Crippen molar-refractivity contribution in [2.75, 3.05) is 38.7 Å². The van der Waals surface area contributed by atoms with Crippen molar-refractivity contribution in [1.29, 1.82) is 0 Å². The van der Waals surface area contributed by atoms with E-state index in [1.54, 1.807) is 6.92 Å². The lowest BCUT2D eigenvalue weighted by Crippen LogP contribution is -2.46. The molecule has 0 aliphatic carbocycles. The summed E-state index contributed by atoms with van der Waals surface area (Å²) in [6.45, 7) is 5.61. The zero-order valence-electron chi connectivity index (χ0n) is 9.93. The SMILES string of the molecule is Cc1sc(NN2CCN(C)CC2)nc1C(=O)O. The molecule has 0 amide bonds. The van der Waals surface area contributed by atoms with E-state index in [9.17, 15) is 4.79 Å². The van der Waals surface area contributed by atoms with E-state index in [-0.39, 0.29) is 5.69 Å². The highest BCUT2D eigenvalue weighted by Crippen LogP contribution is 2.22. The van der Waals surface area contributed by atoms with E-state index in [1.807, 2.05) is 0 Å². The number of aromatic carboxylic acids is 1. The number of carbonyl (C=O) groups is 1. The molecule has 17 heavy (non-hydrogen) atoms. The number of hydrogen-bond donors (Lipinski definition) is 2. The van der Waals surface area contributed by atoms with Crippen molar-refractivity contribution in [1.82, 2.24) is 14.9 Å². The monoisotopic (exact) mass is 256 g/mol. The summed E-state index contributed by atoms with van der Waals surface area (Å²) >= 11 is 1.38. The molecule has 0 bridgehead atoms. The first-order chi connectivity index (χ1) is 8.06. The lowest BCUT2D eigenvalue weighted by Gasteiger charge is -2.32. The van der Waals surface area contributed by atoms with Gasteiger partial charge in [-0.05, 0) is 14.0 Å². The second-order valence-electron chi connectivity index (χ2n) is 4.13. The summed E-state index contributed by atoms with van der Waals surface area (Å²) in [5.41, 5.74) is 3.31. The van der Waals surface area contributed by atoms with Crippen LogP contribution in [0.15, 0.2) is 0 Å². The van der Waals surface area contributed by atoms with Crippen molar-refractivity contribution in [3.8, 4) is 0 Å². The van der Waals surface area contributed by atoms with Gasteiger partial charge in [-0.3, -0.25) is 5.43 Å². The minimum atomic E-state index is -0.967. The number of anilines is 1. The molecule has 2 rings (SSSR count). The smallest absolute Gasteiger partial charge is 0.355 e. The number of rotatable bonds is 3. The second kappa shape index (κ2) is 4.99. The van der Waals surface area contributed by atoms with Crippen molar-refractivity contribution < 1.29 is 9.90 Å². The molecule has 1 saturated heterocycles. The predicted octanol–water partition coefficient (Wildman–Crippen LogP) is 0.724. The van der Waals surface area contributed by atoms with E-state index in [2.05, 4.69) is 27.4 Å². The van der Waals surface area contributed by atoms with Gasteiger partial charge >= 0.3 is 5.97 Å². The molecule has 7 heteroatoms. The molecule has 0 atom stereocenters. The number of hydrazine groups is 1. The Morgan fingerprint density at radius 3 is 2.59 bits per heavy atom. The summed E-state index contributed by atoms with van der Waals surface area (Å²) in [5.74, 6) is -0.967. The van der Waals surface area contributed by atoms with Crippen LogP contribution in [0.5, 0.6) is 0 Å². The molecule has 0 aromatic carbocycles. The van der Waals surface area contributed by atoms with E-state index in [1.165, 1.54) is 11.3 Å². The topological polar surface area (TPSA) is 68.7 Å². The Morgan fingerprint density at radius 1 is 1.41 bits per heavy atom. The van der Waals surface area contributed by atoms with Crippen LogP contribution in [-0.2, 0) is 0 Å². The molecule has 1 aliphatic heterocycles. The number of hydrogen-bond acceptors (Lipinski definition) is 6. The van der Waals surface area contributed by atoms with Gasteiger partial charge in [0.2, 0.25) is 0 Å². The third kappa shape index (κ3) is 2.93. The Morgan fingerprint density at radius 2 is 2.06 bits per heavy atom. The van der Waals surface area contributed by atoms with Crippen LogP contribution >= 0.6 is 11.3 Å². The Labute approximate surface area is 104 Å². The summed E-state index contributed by atoms with van der Waals surface area (Å²) < 4.78 is 0. The van der Waals surface area contributed by atoms with Crippen LogP contribution < -0.4 is 5.43 Å². The number of nitrogens with zero attached hydrogens (tertiary/aromatic N) is 3. The van der Waals surface area contributed by atoms with Crippen LogP contribution in [0, 0.1) is 6.92 Å². The highest BCUT2D eigenvalue weighted by molar-refractivity contribution is 7.15. The molecule has 0 saturated carbocycles. The van der Waals surface area contributed by atoms with Crippen molar-refractivity contribution in [3.05, 3.63) is 10.6 Å². The molecule has 0 spiro atoms. The van der Waals surface area contributed by atoms with E-state index in [4.69, 9.17) is 5.11 Å². The van der Waals surface area contributed by atoms with Crippen molar-refractivity contribution in [2.45, 2.75) is 6.92 Å². The number of aromatic nitrogens is 1. The van der Waals surface area contributed by atoms with E-state index in [0.717, 1.165) is 31.1 Å². The van der Waals surface area contributed by atoms with Gasteiger partial charge < -0.3 is 10.0 Å². The van der Waals surface area contributed by atoms with Gasteiger partial charge in [-0.1, -0.05) is 0 Å². The van der Waals surface area contributed by atoms with Gasteiger partial charge in [0.15, 0.2) is 10.8 Å². The molecule has 1 aliphatic rings. The summed E-state index contributed by atoms with van der Waals surface area (Å²) in [4.78, 5) is 17.9. The fraction of sp³-hybridized carbons (Fsp3) is 0.600. The molecule has 2 N–H and O–H groups in total. The number of aryl methyl sites for hydroxylation is 1. The number of piperazine rings is 1. The Balaban J connectivity index is 1.99. The Hall–Kier alpha value is -1.18. The van der Waals surface area contributed by atoms with Crippen molar-refractivity contribution >= 4 is 22.4 Å². The first-order valence-electron chi connectivity index (χ1n) is 5.47. The first kappa shape index (κ1) is 12.3. The van der Waals surface area contributed by atoms with Crippen molar-refractivity contribution in [3.63, 3.8) is 0 Å². The molecule has 1 aromatic rings. The van der Waals surface area contributed by atoms with Gasteiger partial charge in [-0.25, -0.2) is 14.8 Å². The van der Waals surface area contributed by atoms with Crippen LogP contribution in [-0.4, -0.2) is 59.2 Å². The molecule has 2 heterocycles. The van der Waals surface area contributed by atoms with Gasteiger partial charge in [-0.2, -0.15) is 0 Å². The third-order valence-electron chi connectivity index (χ3n) is 2.76. The van der Waals surface area contributed by atoms with Crippen LogP contribution in [0.2, 0.25) is 0 Å². The van der Waals surface area contributed by atoms with Crippen molar-refractivity contribution in [2.24, 2.45) is 0 Å². The largest absolute Gasteiger partial charge is 0.476 e. The number of nitrogens with one attached hydrogen (secondary N) is 1. The fourth-order valence-electron chi connectivity index (χ4n) is 1.70. The number of likely N-dealkylation sites (N-methyl/N-ethyl adjacent to an activating group) is 1. The molecular formula is C10H16N4O2S. The molecule has 1 aromatic heterocycles. The fourth-order valence-corrected chi connectivity index (χ4v) is 2.53. The lowest BCUT2D eigenvalue weighted by molar-refractivity contribution is 0.0690. The molecular weight excluding hydrogens is 240 g/mol. The minimum absolute atomic E-state index is 0.145. The maximum atomic E-state index is 10.9. The Kier molecular flexibility index (Phi) is 3.60. The zero-order chi connectivity index (χ0) is 12.4. The van der Waals surface area contributed by atoms with Gasteiger partial charge in [0.05, 0.1) is 0 Å². The number of thiazole rings is 1. The van der Waals surface area contributed by atoms with E-state index < -0.39 is 5.97 Å². The maximum Gasteiger partial charge on any atom is 0.355 e. The van der Waals surface area contributed by atoms with Gasteiger partial charge in [-0.15, -0.1) is 11.3 Å². The predicted molar refractivity (Wildman–Crippen MR) is 66.5 cm³/mol. The van der Waals surface area contributed by atoms with Crippen LogP contribution in [0.3, 0.4) is 0 Å². The highest BCUT2D eigenvalue weighted by atomic mass is 32.1. The summed E-state index contributed by atoms with van der Waals surface area (Å²) in [7, 11) is 2.09. The molecule has 0 radical (unpaired) electrons. The summed E-state index contributed by atoms with van der Waals surface area (Å²) in [5, 5.41) is 11.6. The maximum absolute atomic E-state index is 10.9. The average Bonchev–Trinajstić information content (AvgIpc) is 2.63. The third-order valence-corrected chi connectivity index (χ3v) is 3.63. The molecule has 0 unspecified atom stereocenters. The summed E-state index contributed by atoms with van der Waals surface area (Å²) in [6, 6.07) is 0. The second-order valence-corrected chi connectivity index (χ2v) is 5.33. The lowest BCUT2D eigenvalue weighted by atomic mass is 10.4. The number of carboxylic acids is 1. The van der Waals surface area contributed by atoms with Gasteiger partial charge in [0.1, 0.15) is 0 Å². The zero-order valence-corrected chi connectivity index (χ0v) is 10.8. The first-order valence-corrected chi connectivity index (χ1v) is 6.29. The van der Waals surface area contributed by atoms with E-state index in [0.29, 0.717) is 5.13 Å². The summed E-state index contributed by atoms with van der Waals surface area (Å²) in [6.07, 6.45) is 0. The standard InChI is InChI=1S/C10H16N4O2S/c1-7-8(9(15)16)11-10(17-7)12-14-5-3-13(2)4-6-14/h3-6H2,1-2H3,(H,11,12)(H,15,16). The Bertz CT molecular complexity index is 412. The van der Waals surface area contributed by atoms with Crippen LogP contribution in [0.1, 0.15) is 15.4 Å². The quantitative estimate of drug-likeness (QED) is 0.830. The van der Waals surface area contributed by atoms with Crippen LogP contribution in [0.25, 0.3) is 0 Å². The average molecular weight is 256 g/mol. The molecule has 1 fully saturated rings. The highest BCUT2D eigenvalue weighted by Gasteiger charge is 2.18. The van der Waals surface area contributed by atoms with E-state index >= 15 is 0 Å². The van der Waals surface area contributed by atoms with Crippen LogP contribution in [0.4, 0.5) is 5.13 Å². The van der Waals surface area contributed by atoms with Gasteiger partial charge in [0.25, 0.3) is 0 Å².